The number of hydrogen-bond donors (Lipinski definition) is 1. The molecule has 0 heterocycles. The summed E-state index contributed by atoms with van der Waals surface area (Å²) < 4.78 is 5.66. The number of rotatable bonds is 6. The first-order valence-corrected chi connectivity index (χ1v) is 7.61. The summed E-state index contributed by atoms with van der Waals surface area (Å²) in [5.41, 5.74) is 3.96. The largest absolute Gasteiger partial charge is 0.491 e. The van der Waals surface area contributed by atoms with Crippen LogP contribution >= 0.6 is 0 Å². The summed E-state index contributed by atoms with van der Waals surface area (Å²) in [5, 5.41) is 3.58. The molecule has 0 fully saturated rings. The van der Waals surface area contributed by atoms with E-state index < -0.39 is 0 Å². The maximum Gasteiger partial charge on any atom is 0.119 e. The standard InChI is InChI=1S/C19H25NO/c1-14(2)21-18-11-9-17(10-12-18)13-20-16(4)19-8-6-5-7-15(19)3/h5-12,14,16,20H,13H2,1-4H3. The molecule has 0 bridgehead atoms. The van der Waals surface area contributed by atoms with Gasteiger partial charge in [0, 0.05) is 12.6 Å². The van der Waals surface area contributed by atoms with Gasteiger partial charge in [0.05, 0.1) is 6.10 Å². The molecular weight excluding hydrogens is 258 g/mol. The predicted molar refractivity (Wildman–Crippen MR) is 88.6 cm³/mol. The molecule has 21 heavy (non-hydrogen) atoms. The van der Waals surface area contributed by atoms with E-state index in [1.54, 1.807) is 0 Å². The van der Waals surface area contributed by atoms with Crippen molar-refractivity contribution < 1.29 is 4.74 Å². The molecule has 1 unspecified atom stereocenters. The number of hydrogen-bond acceptors (Lipinski definition) is 2. The van der Waals surface area contributed by atoms with E-state index in [1.165, 1.54) is 16.7 Å². The van der Waals surface area contributed by atoms with Gasteiger partial charge in [-0.1, -0.05) is 36.4 Å². The highest BCUT2D eigenvalue weighted by Crippen LogP contribution is 2.18. The zero-order valence-corrected chi connectivity index (χ0v) is 13.4. The third kappa shape index (κ3) is 4.61. The fraction of sp³-hybridized carbons (Fsp3) is 0.368. The summed E-state index contributed by atoms with van der Waals surface area (Å²) in [6, 6.07) is 17.2. The van der Waals surface area contributed by atoms with Crippen LogP contribution in [0.4, 0.5) is 0 Å². The maximum absolute atomic E-state index is 5.66. The molecule has 0 aromatic heterocycles. The Morgan fingerprint density at radius 1 is 0.952 bits per heavy atom. The Hall–Kier alpha value is -1.80. The Balaban J connectivity index is 1.92. The van der Waals surface area contributed by atoms with Gasteiger partial charge in [-0.15, -0.1) is 0 Å². The van der Waals surface area contributed by atoms with Crippen molar-refractivity contribution in [3.63, 3.8) is 0 Å². The van der Waals surface area contributed by atoms with Crippen molar-refractivity contribution in [3.05, 3.63) is 65.2 Å². The second-order valence-corrected chi connectivity index (χ2v) is 5.77. The zero-order valence-electron chi connectivity index (χ0n) is 13.4. The van der Waals surface area contributed by atoms with Gasteiger partial charge in [0.1, 0.15) is 5.75 Å². The average molecular weight is 283 g/mol. The van der Waals surface area contributed by atoms with Crippen LogP contribution in [0.25, 0.3) is 0 Å². The lowest BCUT2D eigenvalue weighted by Gasteiger charge is -2.17. The fourth-order valence-corrected chi connectivity index (χ4v) is 2.41. The van der Waals surface area contributed by atoms with E-state index in [0.717, 1.165) is 12.3 Å². The van der Waals surface area contributed by atoms with Crippen LogP contribution in [0.1, 0.15) is 43.5 Å². The molecule has 0 aliphatic rings. The van der Waals surface area contributed by atoms with Gasteiger partial charge in [-0.2, -0.15) is 0 Å². The van der Waals surface area contributed by atoms with E-state index in [9.17, 15) is 0 Å². The predicted octanol–water partition coefficient (Wildman–Crippen LogP) is 4.63. The minimum Gasteiger partial charge on any atom is -0.491 e. The summed E-state index contributed by atoms with van der Waals surface area (Å²) in [5.74, 6) is 0.931. The first kappa shape index (κ1) is 15.6. The van der Waals surface area contributed by atoms with E-state index in [4.69, 9.17) is 4.74 Å². The lowest BCUT2D eigenvalue weighted by atomic mass is 10.0. The molecule has 0 amide bonds. The van der Waals surface area contributed by atoms with Gasteiger partial charge in [-0.3, -0.25) is 0 Å². The number of nitrogens with one attached hydrogen (secondary N) is 1. The summed E-state index contributed by atoms with van der Waals surface area (Å²) in [6.07, 6.45) is 0.218. The molecule has 1 N–H and O–H groups in total. The van der Waals surface area contributed by atoms with Gasteiger partial charge in [-0.25, -0.2) is 0 Å². The molecule has 2 heteroatoms. The fourth-order valence-electron chi connectivity index (χ4n) is 2.41. The molecule has 2 aromatic carbocycles. The molecule has 1 atom stereocenters. The highest BCUT2D eigenvalue weighted by atomic mass is 16.5. The molecule has 0 spiro atoms. The molecule has 0 aliphatic heterocycles. The van der Waals surface area contributed by atoms with Crippen molar-refractivity contribution in [2.45, 2.75) is 46.4 Å². The van der Waals surface area contributed by atoms with Crippen molar-refractivity contribution >= 4 is 0 Å². The van der Waals surface area contributed by atoms with Crippen LogP contribution in [0.15, 0.2) is 48.5 Å². The normalized spacial score (nSPS) is 12.4. The van der Waals surface area contributed by atoms with Gasteiger partial charge >= 0.3 is 0 Å². The topological polar surface area (TPSA) is 21.3 Å². The highest BCUT2D eigenvalue weighted by molar-refractivity contribution is 5.29. The Morgan fingerprint density at radius 3 is 2.24 bits per heavy atom. The minimum atomic E-state index is 0.218. The van der Waals surface area contributed by atoms with Crippen LogP contribution in [-0.4, -0.2) is 6.10 Å². The molecule has 0 saturated heterocycles. The van der Waals surface area contributed by atoms with Gasteiger partial charge in [0.2, 0.25) is 0 Å². The molecule has 2 aromatic rings. The third-order valence-corrected chi connectivity index (χ3v) is 3.56. The minimum absolute atomic E-state index is 0.218. The van der Waals surface area contributed by atoms with Crippen LogP contribution in [-0.2, 0) is 6.54 Å². The van der Waals surface area contributed by atoms with E-state index >= 15 is 0 Å². The zero-order chi connectivity index (χ0) is 15.2. The second kappa shape index (κ2) is 7.28. The third-order valence-electron chi connectivity index (χ3n) is 3.56. The number of aryl methyl sites for hydroxylation is 1. The molecule has 0 radical (unpaired) electrons. The first-order chi connectivity index (χ1) is 10.1. The van der Waals surface area contributed by atoms with Crippen LogP contribution in [0.2, 0.25) is 0 Å². The van der Waals surface area contributed by atoms with E-state index in [0.29, 0.717) is 6.04 Å². The van der Waals surface area contributed by atoms with Crippen LogP contribution in [0, 0.1) is 6.92 Å². The van der Waals surface area contributed by atoms with Crippen LogP contribution in [0.5, 0.6) is 5.75 Å². The van der Waals surface area contributed by atoms with E-state index in [-0.39, 0.29) is 6.10 Å². The second-order valence-electron chi connectivity index (χ2n) is 5.77. The summed E-state index contributed by atoms with van der Waals surface area (Å²) in [7, 11) is 0. The first-order valence-electron chi connectivity index (χ1n) is 7.61. The Labute approximate surface area is 128 Å². The summed E-state index contributed by atoms with van der Waals surface area (Å²) in [4.78, 5) is 0. The monoisotopic (exact) mass is 283 g/mol. The molecule has 2 rings (SSSR count). The van der Waals surface area contributed by atoms with Crippen molar-refractivity contribution in [2.75, 3.05) is 0 Å². The molecule has 2 nitrogen and oxygen atoms in total. The Morgan fingerprint density at radius 2 is 1.62 bits per heavy atom. The van der Waals surface area contributed by atoms with Gasteiger partial charge in [0.15, 0.2) is 0 Å². The van der Waals surface area contributed by atoms with Gasteiger partial charge in [0.25, 0.3) is 0 Å². The van der Waals surface area contributed by atoms with Gasteiger partial charge < -0.3 is 10.1 Å². The van der Waals surface area contributed by atoms with Crippen LogP contribution < -0.4 is 10.1 Å². The van der Waals surface area contributed by atoms with Crippen molar-refractivity contribution in [3.8, 4) is 5.75 Å². The number of ether oxygens (including phenoxy) is 1. The lowest BCUT2D eigenvalue weighted by Crippen LogP contribution is -2.18. The Bertz CT molecular complexity index is 560. The molecule has 112 valence electrons. The Kier molecular flexibility index (Phi) is 5.40. The van der Waals surface area contributed by atoms with Gasteiger partial charge in [-0.05, 0) is 56.5 Å². The SMILES string of the molecule is Cc1ccccc1C(C)NCc1ccc(OC(C)C)cc1. The molecular formula is C19H25NO. The number of benzene rings is 2. The van der Waals surface area contributed by atoms with Crippen molar-refractivity contribution in [1.29, 1.82) is 0 Å². The van der Waals surface area contributed by atoms with E-state index in [2.05, 4.69) is 55.6 Å². The average Bonchev–Trinajstić information content (AvgIpc) is 2.46. The van der Waals surface area contributed by atoms with E-state index in [1.807, 2.05) is 26.0 Å². The quantitative estimate of drug-likeness (QED) is 0.834. The lowest BCUT2D eigenvalue weighted by molar-refractivity contribution is 0.242. The van der Waals surface area contributed by atoms with Crippen molar-refractivity contribution in [1.82, 2.24) is 5.32 Å². The maximum atomic E-state index is 5.66. The van der Waals surface area contributed by atoms with Crippen molar-refractivity contribution in [2.24, 2.45) is 0 Å². The molecule has 0 aliphatic carbocycles. The summed E-state index contributed by atoms with van der Waals surface area (Å²) in [6.45, 7) is 9.31. The highest BCUT2D eigenvalue weighted by Gasteiger charge is 2.07. The van der Waals surface area contributed by atoms with Crippen LogP contribution in [0.3, 0.4) is 0 Å². The molecule has 0 saturated carbocycles. The summed E-state index contributed by atoms with van der Waals surface area (Å²) >= 11 is 0. The smallest absolute Gasteiger partial charge is 0.119 e.